The summed E-state index contributed by atoms with van der Waals surface area (Å²) in [5.41, 5.74) is 1.99. The number of nitrogens with zero attached hydrogens (tertiary/aromatic N) is 3. The number of aryl methyl sites for hydroxylation is 1. The van der Waals surface area contributed by atoms with E-state index >= 15 is 0 Å². The molecule has 8 nitrogen and oxygen atoms in total. The Bertz CT molecular complexity index is 1470. The van der Waals surface area contributed by atoms with Crippen LogP contribution in [0.2, 0.25) is 0 Å². The molecule has 1 aliphatic heterocycles. The standard InChI is InChI=1S/C23H22N4O4S/c1-15-12-21(27(25-15)16-10-11-32(30,31)14-16)24-22(28)13-26-19-8-4-2-6-17(19)23(29)18-7-3-5-9-20(18)26/h2-9,12,16H,10-11,13-14H2,1H3,(H,24,28). The van der Waals surface area contributed by atoms with Crippen molar-refractivity contribution in [2.75, 3.05) is 16.8 Å². The fourth-order valence-electron chi connectivity index (χ4n) is 4.43. The third-order valence-corrected chi connectivity index (χ3v) is 7.61. The van der Waals surface area contributed by atoms with Crippen LogP contribution in [-0.2, 0) is 21.2 Å². The van der Waals surface area contributed by atoms with Crippen molar-refractivity contribution in [3.05, 3.63) is 70.5 Å². The number of rotatable bonds is 4. The first-order valence-corrected chi connectivity index (χ1v) is 12.2. The molecular weight excluding hydrogens is 428 g/mol. The lowest BCUT2D eigenvalue weighted by atomic mass is 10.1. The van der Waals surface area contributed by atoms with Crippen molar-refractivity contribution >= 4 is 43.4 Å². The Hall–Kier alpha value is -3.46. The molecule has 1 amide bonds. The van der Waals surface area contributed by atoms with Gasteiger partial charge in [0.05, 0.1) is 34.3 Å². The fraction of sp³-hybridized carbons (Fsp3) is 0.261. The molecule has 1 aliphatic rings. The molecule has 0 saturated carbocycles. The Morgan fingerprint density at radius 1 is 1.09 bits per heavy atom. The van der Waals surface area contributed by atoms with Gasteiger partial charge in [0.25, 0.3) is 0 Å². The van der Waals surface area contributed by atoms with Crippen LogP contribution in [-0.4, -0.2) is 40.2 Å². The molecule has 164 valence electrons. The molecule has 1 N–H and O–H groups in total. The number of sulfone groups is 1. The summed E-state index contributed by atoms with van der Waals surface area (Å²) >= 11 is 0. The van der Waals surface area contributed by atoms with Gasteiger partial charge in [-0.1, -0.05) is 24.3 Å². The van der Waals surface area contributed by atoms with Crippen molar-refractivity contribution < 1.29 is 13.2 Å². The molecule has 0 aliphatic carbocycles. The van der Waals surface area contributed by atoms with E-state index in [0.717, 1.165) is 0 Å². The molecule has 0 radical (unpaired) electrons. The monoisotopic (exact) mass is 450 g/mol. The molecule has 0 bridgehead atoms. The number of anilines is 1. The molecule has 2 aromatic carbocycles. The predicted molar refractivity (Wildman–Crippen MR) is 124 cm³/mol. The van der Waals surface area contributed by atoms with Crippen molar-refractivity contribution in [1.29, 1.82) is 0 Å². The highest BCUT2D eigenvalue weighted by molar-refractivity contribution is 7.91. The lowest BCUT2D eigenvalue weighted by Crippen LogP contribution is -2.24. The summed E-state index contributed by atoms with van der Waals surface area (Å²) in [6, 6.07) is 15.9. The van der Waals surface area contributed by atoms with Gasteiger partial charge in [-0.15, -0.1) is 0 Å². The Balaban J connectivity index is 1.51. The van der Waals surface area contributed by atoms with Crippen LogP contribution in [0.3, 0.4) is 0 Å². The largest absolute Gasteiger partial charge is 0.331 e. The molecule has 1 fully saturated rings. The zero-order valence-electron chi connectivity index (χ0n) is 17.5. The summed E-state index contributed by atoms with van der Waals surface area (Å²) in [4.78, 5) is 26.0. The summed E-state index contributed by atoms with van der Waals surface area (Å²) < 4.78 is 27.3. The Morgan fingerprint density at radius 2 is 1.72 bits per heavy atom. The molecular formula is C23H22N4O4S. The van der Waals surface area contributed by atoms with E-state index in [1.165, 1.54) is 0 Å². The number of pyridine rings is 1. The quantitative estimate of drug-likeness (QED) is 0.482. The Labute approximate surface area is 184 Å². The first-order valence-electron chi connectivity index (χ1n) is 10.4. The second kappa shape index (κ2) is 7.59. The van der Waals surface area contributed by atoms with Crippen LogP contribution in [0.15, 0.2) is 59.4 Å². The van der Waals surface area contributed by atoms with E-state index in [-0.39, 0.29) is 35.4 Å². The maximum absolute atomic E-state index is 13.1. The summed E-state index contributed by atoms with van der Waals surface area (Å²) in [5, 5.41) is 8.42. The van der Waals surface area contributed by atoms with Crippen molar-refractivity contribution in [1.82, 2.24) is 14.3 Å². The molecule has 1 atom stereocenters. The maximum Gasteiger partial charge on any atom is 0.245 e. The number of hydrogen-bond donors (Lipinski definition) is 1. The van der Waals surface area contributed by atoms with Crippen molar-refractivity contribution in [3.8, 4) is 0 Å². The predicted octanol–water partition coefficient (Wildman–Crippen LogP) is 2.66. The van der Waals surface area contributed by atoms with E-state index in [0.29, 0.717) is 39.7 Å². The normalized spacial score (nSPS) is 17.7. The van der Waals surface area contributed by atoms with Crippen LogP contribution < -0.4 is 10.7 Å². The summed E-state index contributed by atoms with van der Waals surface area (Å²) in [6.45, 7) is 1.80. The molecule has 4 aromatic rings. The zero-order chi connectivity index (χ0) is 22.5. The second-order valence-corrected chi connectivity index (χ2v) is 10.4. The van der Waals surface area contributed by atoms with Gasteiger partial charge in [-0.3, -0.25) is 9.59 Å². The van der Waals surface area contributed by atoms with Gasteiger partial charge in [0.15, 0.2) is 15.3 Å². The third kappa shape index (κ3) is 3.58. The second-order valence-electron chi connectivity index (χ2n) is 8.17. The number of fused-ring (bicyclic) bond motifs is 2. The number of amides is 1. The van der Waals surface area contributed by atoms with Gasteiger partial charge >= 0.3 is 0 Å². The molecule has 32 heavy (non-hydrogen) atoms. The van der Waals surface area contributed by atoms with Gasteiger partial charge in [-0.2, -0.15) is 5.10 Å². The van der Waals surface area contributed by atoms with Gasteiger partial charge < -0.3 is 9.88 Å². The molecule has 1 unspecified atom stereocenters. The minimum Gasteiger partial charge on any atom is -0.331 e. The smallest absolute Gasteiger partial charge is 0.245 e. The fourth-order valence-corrected chi connectivity index (χ4v) is 6.12. The van der Waals surface area contributed by atoms with Crippen LogP contribution in [0, 0.1) is 6.92 Å². The first kappa shape index (κ1) is 20.4. The average Bonchev–Trinajstić information content (AvgIpc) is 3.32. The lowest BCUT2D eigenvalue weighted by Gasteiger charge is -2.17. The number of carbonyl (C=O) groups is 1. The van der Waals surface area contributed by atoms with E-state index in [4.69, 9.17) is 0 Å². The summed E-state index contributed by atoms with van der Waals surface area (Å²) in [7, 11) is -3.09. The highest BCUT2D eigenvalue weighted by Gasteiger charge is 2.31. The van der Waals surface area contributed by atoms with Gasteiger partial charge in [0.1, 0.15) is 12.4 Å². The Morgan fingerprint density at radius 3 is 2.31 bits per heavy atom. The number of para-hydroxylation sites is 2. The number of carbonyl (C=O) groups excluding carboxylic acids is 1. The van der Waals surface area contributed by atoms with E-state index in [1.54, 1.807) is 41.9 Å². The topological polar surface area (TPSA) is 103 Å². The molecule has 9 heteroatoms. The van der Waals surface area contributed by atoms with Crippen LogP contribution >= 0.6 is 0 Å². The first-order chi connectivity index (χ1) is 15.3. The lowest BCUT2D eigenvalue weighted by molar-refractivity contribution is -0.116. The van der Waals surface area contributed by atoms with Crippen molar-refractivity contribution in [2.45, 2.75) is 25.9 Å². The molecule has 3 heterocycles. The number of aromatic nitrogens is 3. The van der Waals surface area contributed by atoms with Gasteiger partial charge in [-0.25, -0.2) is 13.1 Å². The van der Waals surface area contributed by atoms with Crippen molar-refractivity contribution in [2.24, 2.45) is 0 Å². The van der Waals surface area contributed by atoms with E-state index in [1.807, 2.05) is 28.8 Å². The molecule has 0 spiro atoms. The van der Waals surface area contributed by atoms with Gasteiger partial charge in [-0.05, 0) is 37.6 Å². The molecule has 1 saturated heterocycles. The third-order valence-electron chi connectivity index (χ3n) is 5.86. The zero-order valence-corrected chi connectivity index (χ0v) is 18.3. The highest BCUT2D eigenvalue weighted by atomic mass is 32.2. The van der Waals surface area contributed by atoms with Crippen LogP contribution in [0.5, 0.6) is 0 Å². The number of hydrogen-bond acceptors (Lipinski definition) is 5. The van der Waals surface area contributed by atoms with E-state index in [2.05, 4.69) is 10.4 Å². The van der Waals surface area contributed by atoms with Crippen LogP contribution in [0.25, 0.3) is 21.8 Å². The SMILES string of the molecule is Cc1cc(NC(=O)Cn2c3ccccc3c(=O)c3ccccc32)n(C2CCS(=O)(=O)C2)n1. The Kier molecular flexibility index (Phi) is 4.85. The van der Waals surface area contributed by atoms with Crippen LogP contribution in [0.4, 0.5) is 5.82 Å². The van der Waals surface area contributed by atoms with E-state index in [9.17, 15) is 18.0 Å². The van der Waals surface area contributed by atoms with Gasteiger partial charge in [0, 0.05) is 16.8 Å². The maximum atomic E-state index is 13.1. The minimum atomic E-state index is -3.09. The van der Waals surface area contributed by atoms with Crippen LogP contribution in [0.1, 0.15) is 18.2 Å². The van der Waals surface area contributed by atoms with Gasteiger partial charge in [0.2, 0.25) is 5.91 Å². The molecule has 5 rings (SSSR count). The number of benzene rings is 2. The minimum absolute atomic E-state index is 0.00546. The average molecular weight is 451 g/mol. The summed E-state index contributed by atoms with van der Waals surface area (Å²) in [6.07, 6.45) is 0.474. The number of nitrogens with one attached hydrogen (secondary N) is 1. The highest BCUT2D eigenvalue weighted by Crippen LogP contribution is 2.27. The van der Waals surface area contributed by atoms with Crippen molar-refractivity contribution in [3.63, 3.8) is 0 Å². The molecule has 2 aromatic heterocycles. The summed E-state index contributed by atoms with van der Waals surface area (Å²) in [5.74, 6) is 0.334. The van der Waals surface area contributed by atoms with E-state index < -0.39 is 9.84 Å².